The lowest BCUT2D eigenvalue weighted by atomic mass is 9.96. The summed E-state index contributed by atoms with van der Waals surface area (Å²) in [6.45, 7) is 10.7. The Kier molecular flexibility index (Phi) is 8.06. The molecule has 1 N–H and O–H groups in total. The van der Waals surface area contributed by atoms with Crippen molar-refractivity contribution in [2.45, 2.75) is 46.6 Å². The molecular weight excluding hydrogens is 260 g/mol. The second-order valence-electron chi connectivity index (χ2n) is 5.89. The van der Waals surface area contributed by atoms with Crippen LogP contribution in [0.1, 0.15) is 52.1 Å². The van der Waals surface area contributed by atoms with Gasteiger partial charge in [0.1, 0.15) is 0 Å². The molecule has 0 aliphatic heterocycles. The van der Waals surface area contributed by atoms with E-state index in [4.69, 9.17) is 0 Å². The Morgan fingerprint density at radius 2 is 1.67 bits per heavy atom. The van der Waals surface area contributed by atoms with Crippen molar-refractivity contribution in [2.24, 2.45) is 5.92 Å². The predicted molar refractivity (Wildman–Crippen MR) is 89.2 cm³/mol. The summed E-state index contributed by atoms with van der Waals surface area (Å²) in [4.78, 5) is 14.3. The average Bonchev–Trinajstić information content (AvgIpc) is 2.48. The Bertz CT molecular complexity index is 397. The van der Waals surface area contributed by atoms with Crippen molar-refractivity contribution >= 4 is 5.91 Å². The van der Waals surface area contributed by atoms with E-state index in [9.17, 15) is 4.79 Å². The van der Waals surface area contributed by atoms with Crippen molar-refractivity contribution in [3.63, 3.8) is 0 Å². The molecule has 118 valence electrons. The number of rotatable bonds is 9. The molecule has 1 aromatic rings. The molecule has 1 atom stereocenters. The molecule has 0 saturated heterocycles. The molecule has 0 aromatic heterocycles. The summed E-state index contributed by atoms with van der Waals surface area (Å²) >= 11 is 0. The van der Waals surface area contributed by atoms with Crippen molar-refractivity contribution in [3.05, 3.63) is 35.9 Å². The van der Waals surface area contributed by atoms with Crippen LogP contribution in [0.5, 0.6) is 0 Å². The molecular formula is C18H30N2O. The number of benzene rings is 1. The maximum Gasteiger partial charge on any atom is 0.236 e. The van der Waals surface area contributed by atoms with Gasteiger partial charge in [-0.05, 0) is 24.3 Å². The van der Waals surface area contributed by atoms with Gasteiger partial charge in [0.2, 0.25) is 5.91 Å². The van der Waals surface area contributed by atoms with Crippen LogP contribution in [-0.2, 0) is 4.79 Å². The van der Waals surface area contributed by atoms with Crippen LogP contribution < -0.4 is 5.32 Å². The van der Waals surface area contributed by atoms with E-state index in [1.165, 1.54) is 5.56 Å². The molecule has 0 radical (unpaired) electrons. The number of nitrogens with one attached hydrogen (secondary N) is 1. The summed E-state index contributed by atoms with van der Waals surface area (Å²) in [5.41, 5.74) is 1.25. The minimum atomic E-state index is 0.209. The zero-order valence-corrected chi connectivity index (χ0v) is 13.9. The third kappa shape index (κ3) is 5.88. The predicted octanol–water partition coefficient (Wildman–Crippen LogP) is 3.62. The van der Waals surface area contributed by atoms with Gasteiger partial charge in [-0.15, -0.1) is 0 Å². The zero-order chi connectivity index (χ0) is 15.7. The highest BCUT2D eigenvalue weighted by Gasteiger charge is 2.18. The minimum Gasteiger partial charge on any atom is -0.342 e. The van der Waals surface area contributed by atoms with Crippen molar-refractivity contribution in [2.75, 3.05) is 19.6 Å². The molecule has 0 fully saturated rings. The number of nitrogens with zero attached hydrogens (tertiary/aromatic N) is 1. The second-order valence-corrected chi connectivity index (χ2v) is 5.89. The van der Waals surface area contributed by atoms with E-state index in [1.54, 1.807) is 0 Å². The van der Waals surface area contributed by atoms with E-state index in [0.717, 1.165) is 25.9 Å². The normalized spacial score (nSPS) is 12.4. The maximum atomic E-state index is 12.3. The second kappa shape index (κ2) is 9.56. The van der Waals surface area contributed by atoms with E-state index < -0.39 is 0 Å². The number of hydrogen-bond acceptors (Lipinski definition) is 2. The van der Waals surface area contributed by atoms with Crippen molar-refractivity contribution < 1.29 is 4.79 Å². The third-order valence-corrected chi connectivity index (χ3v) is 3.64. The van der Waals surface area contributed by atoms with E-state index >= 15 is 0 Å². The quantitative estimate of drug-likeness (QED) is 0.753. The van der Waals surface area contributed by atoms with Crippen LogP contribution in [0, 0.1) is 5.92 Å². The van der Waals surface area contributed by atoms with Crippen molar-refractivity contribution in [1.29, 1.82) is 0 Å². The number of hydrogen-bond donors (Lipinski definition) is 1. The first kappa shape index (κ1) is 17.7. The Morgan fingerprint density at radius 1 is 1.10 bits per heavy atom. The maximum absolute atomic E-state index is 12.3. The minimum absolute atomic E-state index is 0.209. The van der Waals surface area contributed by atoms with Crippen molar-refractivity contribution in [3.8, 4) is 0 Å². The summed E-state index contributed by atoms with van der Waals surface area (Å²) < 4.78 is 0. The summed E-state index contributed by atoms with van der Waals surface area (Å²) in [6.07, 6.45) is 2.02. The largest absolute Gasteiger partial charge is 0.342 e. The molecule has 0 saturated carbocycles. The van der Waals surface area contributed by atoms with Crippen LogP contribution >= 0.6 is 0 Å². The average molecular weight is 290 g/mol. The molecule has 1 rings (SSSR count). The fourth-order valence-corrected chi connectivity index (χ4v) is 2.61. The van der Waals surface area contributed by atoms with Crippen LogP contribution in [0.25, 0.3) is 0 Å². The molecule has 3 nitrogen and oxygen atoms in total. The van der Waals surface area contributed by atoms with Crippen LogP contribution in [0.2, 0.25) is 0 Å². The van der Waals surface area contributed by atoms with Gasteiger partial charge in [-0.3, -0.25) is 4.79 Å². The van der Waals surface area contributed by atoms with Gasteiger partial charge in [0.25, 0.3) is 0 Å². The summed E-state index contributed by atoms with van der Waals surface area (Å²) in [5, 5.41) is 3.44. The van der Waals surface area contributed by atoms with Gasteiger partial charge in [0.15, 0.2) is 0 Å². The lowest BCUT2D eigenvalue weighted by Gasteiger charge is -2.26. The lowest BCUT2D eigenvalue weighted by Crippen LogP contribution is -2.41. The van der Waals surface area contributed by atoms with E-state index in [-0.39, 0.29) is 11.9 Å². The molecule has 0 aliphatic rings. The van der Waals surface area contributed by atoms with Crippen molar-refractivity contribution in [1.82, 2.24) is 10.2 Å². The van der Waals surface area contributed by atoms with Crippen LogP contribution in [0.4, 0.5) is 0 Å². The van der Waals surface area contributed by atoms with Gasteiger partial charge in [0, 0.05) is 19.1 Å². The first-order valence-corrected chi connectivity index (χ1v) is 8.16. The van der Waals surface area contributed by atoms with Gasteiger partial charge in [-0.25, -0.2) is 0 Å². The van der Waals surface area contributed by atoms with Gasteiger partial charge < -0.3 is 10.2 Å². The lowest BCUT2D eigenvalue weighted by molar-refractivity contribution is -0.130. The smallest absolute Gasteiger partial charge is 0.236 e. The zero-order valence-electron chi connectivity index (χ0n) is 13.9. The fourth-order valence-electron chi connectivity index (χ4n) is 2.61. The monoisotopic (exact) mass is 290 g/mol. The number of carbonyl (C=O) groups is 1. The van der Waals surface area contributed by atoms with Gasteiger partial charge in [-0.1, -0.05) is 58.0 Å². The fraction of sp³-hybridized carbons (Fsp3) is 0.611. The Balaban J connectivity index is 2.62. The molecule has 21 heavy (non-hydrogen) atoms. The molecule has 1 unspecified atom stereocenters. The number of carbonyl (C=O) groups excluding carboxylic acids is 1. The SMILES string of the molecule is CCCN(CCC)C(=O)CNC(c1ccccc1)C(C)C. The van der Waals surface area contributed by atoms with E-state index in [1.807, 2.05) is 11.0 Å². The van der Waals surface area contributed by atoms with E-state index in [0.29, 0.717) is 12.5 Å². The molecule has 0 spiro atoms. The Hall–Kier alpha value is -1.35. The molecule has 0 heterocycles. The number of amides is 1. The molecule has 0 aliphatic carbocycles. The van der Waals surface area contributed by atoms with E-state index in [2.05, 4.69) is 57.3 Å². The first-order chi connectivity index (χ1) is 10.1. The highest BCUT2D eigenvalue weighted by atomic mass is 16.2. The first-order valence-electron chi connectivity index (χ1n) is 8.16. The highest BCUT2D eigenvalue weighted by molar-refractivity contribution is 5.78. The highest BCUT2D eigenvalue weighted by Crippen LogP contribution is 2.20. The third-order valence-electron chi connectivity index (χ3n) is 3.64. The van der Waals surface area contributed by atoms with Crippen LogP contribution in [-0.4, -0.2) is 30.4 Å². The summed E-state index contributed by atoms with van der Waals surface area (Å²) in [6, 6.07) is 10.6. The van der Waals surface area contributed by atoms with Crippen LogP contribution in [0.3, 0.4) is 0 Å². The molecule has 1 aromatic carbocycles. The van der Waals surface area contributed by atoms with Gasteiger partial charge in [-0.2, -0.15) is 0 Å². The Labute approximate surface area is 129 Å². The molecule has 0 bridgehead atoms. The standard InChI is InChI=1S/C18H30N2O/c1-5-12-20(13-6-2)17(21)14-19-18(15(3)4)16-10-8-7-9-11-16/h7-11,15,18-19H,5-6,12-14H2,1-4H3. The van der Waals surface area contributed by atoms with Gasteiger partial charge >= 0.3 is 0 Å². The van der Waals surface area contributed by atoms with Crippen LogP contribution in [0.15, 0.2) is 30.3 Å². The summed E-state index contributed by atoms with van der Waals surface area (Å²) in [7, 11) is 0. The Morgan fingerprint density at radius 3 is 2.14 bits per heavy atom. The van der Waals surface area contributed by atoms with Gasteiger partial charge in [0.05, 0.1) is 6.54 Å². The molecule has 1 amide bonds. The summed E-state index contributed by atoms with van der Waals surface area (Å²) in [5.74, 6) is 0.659. The molecule has 3 heteroatoms. The topological polar surface area (TPSA) is 32.3 Å².